The van der Waals surface area contributed by atoms with E-state index in [1.165, 1.54) is 11.3 Å². The summed E-state index contributed by atoms with van der Waals surface area (Å²) in [5, 5.41) is 0.574. The molecule has 1 heterocycles. The van der Waals surface area contributed by atoms with Gasteiger partial charge in [0, 0.05) is 5.56 Å². The fourth-order valence-electron chi connectivity index (χ4n) is 2.85. The van der Waals surface area contributed by atoms with E-state index in [0.29, 0.717) is 21.1 Å². The molecular weight excluding hydrogens is 404 g/mol. The summed E-state index contributed by atoms with van der Waals surface area (Å²) in [6.45, 7) is 0.277. The lowest BCUT2D eigenvalue weighted by Crippen LogP contribution is -2.16. The molecule has 0 bridgehead atoms. The van der Waals surface area contributed by atoms with Crippen LogP contribution in [0.3, 0.4) is 0 Å². The van der Waals surface area contributed by atoms with Crippen LogP contribution in [-0.2, 0) is 6.54 Å². The van der Waals surface area contributed by atoms with Crippen molar-refractivity contribution < 1.29 is 9.53 Å². The summed E-state index contributed by atoms with van der Waals surface area (Å²) < 4.78 is 8.46. The van der Waals surface area contributed by atoms with Crippen LogP contribution in [0, 0.1) is 12.3 Å². The summed E-state index contributed by atoms with van der Waals surface area (Å²) in [6, 6.07) is 21.9. The van der Waals surface area contributed by atoms with E-state index in [-0.39, 0.29) is 12.5 Å². The van der Waals surface area contributed by atoms with Crippen molar-refractivity contribution in [1.29, 1.82) is 0 Å². The van der Waals surface area contributed by atoms with Crippen LogP contribution in [0.25, 0.3) is 10.2 Å². The molecule has 0 saturated heterocycles. The highest BCUT2D eigenvalue weighted by molar-refractivity contribution is 7.16. The highest BCUT2D eigenvalue weighted by Crippen LogP contribution is 2.25. The van der Waals surface area contributed by atoms with Gasteiger partial charge in [0.2, 0.25) is 0 Å². The molecule has 0 atom stereocenters. The van der Waals surface area contributed by atoms with Crippen LogP contribution in [0.15, 0.2) is 77.8 Å². The van der Waals surface area contributed by atoms with Crippen LogP contribution >= 0.6 is 22.9 Å². The number of carbonyl (C=O) groups is 1. The number of amides is 1. The molecule has 1 aromatic heterocycles. The molecule has 0 aliphatic carbocycles. The van der Waals surface area contributed by atoms with Crippen LogP contribution in [0.4, 0.5) is 0 Å². The van der Waals surface area contributed by atoms with Crippen LogP contribution in [0.5, 0.6) is 11.5 Å². The average molecular weight is 419 g/mol. The largest absolute Gasteiger partial charge is 0.457 e. The average Bonchev–Trinajstić information content (AvgIpc) is 3.08. The molecule has 4 rings (SSSR count). The zero-order chi connectivity index (χ0) is 20.2. The van der Waals surface area contributed by atoms with Gasteiger partial charge in [-0.15, -0.1) is 6.42 Å². The molecular formula is C23H15ClN2O2S. The summed E-state index contributed by atoms with van der Waals surface area (Å²) in [4.78, 5) is 17.5. The van der Waals surface area contributed by atoms with E-state index in [1.807, 2.05) is 42.5 Å². The Labute approximate surface area is 176 Å². The Balaban J connectivity index is 1.65. The number of terminal acetylenes is 1. The highest BCUT2D eigenvalue weighted by atomic mass is 35.5. The number of halogens is 1. The number of hydrogen-bond acceptors (Lipinski definition) is 3. The minimum Gasteiger partial charge on any atom is -0.457 e. The number of fused-ring (bicyclic) bond motifs is 1. The first kappa shape index (κ1) is 19.0. The standard InChI is InChI=1S/C23H15ClN2O2S/c1-2-15-26-21-19(24)9-6-10-20(21)29-23(26)25-22(27)16-11-13-18(14-12-16)28-17-7-4-3-5-8-17/h1,3-14H,15H2. The maximum atomic E-state index is 12.7. The second-order valence-corrected chi connectivity index (χ2v) is 7.53. The Morgan fingerprint density at radius 3 is 2.48 bits per heavy atom. The Morgan fingerprint density at radius 2 is 1.76 bits per heavy atom. The number of rotatable bonds is 4. The monoisotopic (exact) mass is 418 g/mol. The molecule has 0 spiro atoms. The molecule has 4 nitrogen and oxygen atoms in total. The topological polar surface area (TPSA) is 43.6 Å². The van der Waals surface area contributed by atoms with E-state index in [2.05, 4.69) is 10.9 Å². The number of thiazole rings is 1. The van der Waals surface area contributed by atoms with Gasteiger partial charge in [-0.2, -0.15) is 4.99 Å². The van der Waals surface area contributed by atoms with Gasteiger partial charge >= 0.3 is 0 Å². The van der Waals surface area contributed by atoms with Crippen LogP contribution in [0.2, 0.25) is 5.02 Å². The van der Waals surface area contributed by atoms with Crippen molar-refractivity contribution in [3.63, 3.8) is 0 Å². The van der Waals surface area contributed by atoms with Crippen molar-refractivity contribution in [1.82, 2.24) is 4.57 Å². The molecule has 142 valence electrons. The summed E-state index contributed by atoms with van der Waals surface area (Å²) in [7, 11) is 0. The van der Waals surface area contributed by atoms with Crippen LogP contribution in [0.1, 0.15) is 10.4 Å². The number of nitrogens with zero attached hydrogens (tertiary/aromatic N) is 2. The van der Waals surface area contributed by atoms with Gasteiger partial charge in [-0.1, -0.05) is 53.1 Å². The number of para-hydroxylation sites is 2. The van der Waals surface area contributed by atoms with Gasteiger partial charge in [-0.25, -0.2) is 0 Å². The summed E-state index contributed by atoms with van der Waals surface area (Å²) in [5.74, 6) is 3.61. The fraction of sp³-hybridized carbons (Fsp3) is 0.0435. The molecule has 3 aromatic carbocycles. The molecule has 4 aromatic rings. The third kappa shape index (κ3) is 4.09. The summed E-state index contributed by atoms with van der Waals surface area (Å²) in [6.07, 6.45) is 5.50. The molecule has 0 unspecified atom stereocenters. The first-order chi connectivity index (χ1) is 14.2. The van der Waals surface area contributed by atoms with Crippen LogP contribution < -0.4 is 9.54 Å². The molecule has 0 N–H and O–H groups in total. The third-order valence-electron chi connectivity index (χ3n) is 4.18. The number of carbonyl (C=O) groups excluding carboxylic acids is 1. The predicted octanol–water partition coefficient (Wildman–Crippen LogP) is 5.52. The maximum absolute atomic E-state index is 12.7. The zero-order valence-electron chi connectivity index (χ0n) is 15.2. The Bertz CT molecular complexity index is 1280. The van der Waals surface area contributed by atoms with E-state index in [9.17, 15) is 4.79 Å². The molecule has 1 amide bonds. The number of ether oxygens (including phenoxy) is 1. The van der Waals surface area contributed by atoms with Crippen molar-refractivity contribution in [2.45, 2.75) is 6.54 Å². The van der Waals surface area contributed by atoms with Gasteiger partial charge in [-0.05, 0) is 48.5 Å². The number of hydrogen-bond donors (Lipinski definition) is 0. The molecule has 6 heteroatoms. The van der Waals surface area contributed by atoms with E-state index >= 15 is 0 Å². The molecule has 0 saturated carbocycles. The lowest BCUT2D eigenvalue weighted by molar-refractivity contribution is 0.0998. The van der Waals surface area contributed by atoms with Gasteiger partial charge in [0.1, 0.15) is 11.5 Å². The first-order valence-electron chi connectivity index (χ1n) is 8.79. The summed E-state index contributed by atoms with van der Waals surface area (Å²) >= 11 is 7.70. The third-order valence-corrected chi connectivity index (χ3v) is 5.53. The second-order valence-electron chi connectivity index (χ2n) is 6.12. The quantitative estimate of drug-likeness (QED) is 0.409. The van der Waals surface area contributed by atoms with Gasteiger partial charge in [-0.3, -0.25) is 4.79 Å². The lowest BCUT2D eigenvalue weighted by Gasteiger charge is -2.05. The summed E-state index contributed by atoms with van der Waals surface area (Å²) in [5.41, 5.74) is 1.25. The molecule has 0 fully saturated rings. The number of aromatic nitrogens is 1. The maximum Gasteiger partial charge on any atom is 0.279 e. The van der Waals surface area contributed by atoms with Gasteiger partial charge in [0.05, 0.1) is 21.8 Å². The molecule has 0 aliphatic heterocycles. The minimum absolute atomic E-state index is 0.277. The Morgan fingerprint density at radius 1 is 1.03 bits per heavy atom. The normalized spacial score (nSPS) is 11.4. The van der Waals surface area contributed by atoms with Crippen molar-refractivity contribution in [2.24, 2.45) is 4.99 Å². The highest BCUT2D eigenvalue weighted by Gasteiger charge is 2.11. The SMILES string of the molecule is C#CCn1c(=NC(=O)c2ccc(Oc3ccccc3)cc2)sc2cccc(Cl)c21. The minimum atomic E-state index is -0.357. The van der Waals surface area contributed by atoms with E-state index in [0.717, 1.165) is 16.0 Å². The predicted molar refractivity (Wildman–Crippen MR) is 117 cm³/mol. The van der Waals surface area contributed by atoms with E-state index in [1.54, 1.807) is 34.9 Å². The van der Waals surface area contributed by atoms with Gasteiger partial charge < -0.3 is 9.30 Å². The van der Waals surface area contributed by atoms with E-state index in [4.69, 9.17) is 22.8 Å². The second kappa shape index (κ2) is 8.36. The fourth-order valence-corrected chi connectivity index (χ4v) is 4.24. The zero-order valence-corrected chi connectivity index (χ0v) is 16.8. The van der Waals surface area contributed by atoms with Crippen molar-refractivity contribution in [2.75, 3.05) is 0 Å². The first-order valence-corrected chi connectivity index (χ1v) is 9.98. The van der Waals surface area contributed by atoms with Crippen LogP contribution in [-0.4, -0.2) is 10.5 Å². The molecule has 0 radical (unpaired) electrons. The Hall–Kier alpha value is -3.33. The molecule has 29 heavy (non-hydrogen) atoms. The molecule has 0 aliphatic rings. The smallest absolute Gasteiger partial charge is 0.279 e. The van der Waals surface area contributed by atoms with Gasteiger partial charge in [0.25, 0.3) is 5.91 Å². The number of benzene rings is 3. The Kier molecular flexibility index (Phi) is 5.48. The van der Waals surface area contributed by atoms with Gasteiger partial charge in [0.15, 0.2) is 4.80 Å². The van der Waals surface area contributed by atoms with Crippen molar-refractivity contribution in [3.05, 3.63) is 88.2 Å². The lowest BCUT2D eigenvalue weighted by atomic mass is 10.2. The van der Waals surface area contributed by atoms with E-state index < -0.39 is 0 Å². The van der Waals surface area contributed by atoms with Crippen molar-refractivity contribution in [3.8, 4) is 23.8 Å². The van der Waals surface area contributed by atoms with Crippen molar-refractivity contribution >= 4 is 39.1 Å².